The number of carbonyl (C=O) groups is 2. The molecule has 1 amide bonds. The van der Waals surface area contributed by atoms with E-state index in [1.165, 1.54) is 4.90 Å². The van der Waals surface area contributed by atoms with E-state index >= 15 is 0 Å². The van der Waals surface area contributed by atoms with Crippen molar-refractivity contribution in [2.75, 3.05) is 11.4 Å². The Morgan fingerprint density at radius 3 is 2.84 bits per heavy atom. The highest BCUT2D eigenvalue weighted by Gasteiger charge is 2.35. The minimum atomic E-state index is -0.957. The molecule has 1 saturated heterocycles. The van der Waals surface area contributed by atoms with Gasteiger partial charge in [0.05, 0.1) is 5.92 Å². The number of hydrogen-bond donors (Lipinski definition) is 1. The van der Waals surface area contributed by atoms with E-state index in [2.05, 4.69) is 4.98 Å². The smallest absolute Gasteiger partial charge is 0.308 e. The number of carboxylic acid groups (broad SMARTS) is 1. The van der Waals surface area contributed by atoms with Crippen molar-refractivity contribution in [3.05, 3.63) is 47.5 Å². The summed E-state index contributed by atoms with van der Waals surface area (Å²) < 4.78 is 5.75. The van der Waals surface area contributed by atoms with Crippen LogP contribution >= 0.6 is 11.6 Å². The summed E-state index contributed by atoms with van der Waals surface area (Å²) in [6, 6.07) is 12.4. The van der Waals surface area contributed by atoms with Crippen LogP contribution in [-0.2, 0) is 9.59 Å². The third-order valence-corrected chi connectivity index (χ3v) is 4.46. The maximum absolute atomic E-state index is 12.1. The highest BCUT2D eigenvalue weighted by Crippen LogP contribution is 2.31. The van der Waals surface area contributed by atoms with Gasteiger partial charge < -0.3 is 14.4 Å². The monoisotopic (exact) mass is 356 g/mol. The third kappa shape index (κ3) is 2.85. The number of carboxylic acids is 1. The molecule has 6 nitrogen and oxygen atoms in total. The lowest BCUT2D eigenvalue weighted by atomic mass is 10.1. The Morgan fingerprint density at radius 2 is 2.12 bits per heavy atom. The van der Waals surface area contributed by atoms with Crippen molar-refractivity contribution in [3.8, 4) is 11.5 Å². The Balaban J connectivity index is 1.69. The van der Waals surface area contributed by atoms with Gasteiger partial charge in [0.2, 0.25) is 11.8 Å². The summed E-state index contributed by atoms with van der Waals surface area (Å²) in [5, 5.41) is 9.69. The number of amides is 1. The number of nitrogens with zero attached hydrogens (tertiary/aromatic N) is 2. The van der Waals surface area contributed by atoms with Gasteiger partial charge in [-0.3, -0.25) is 9.59 Å². The van der Waals surface area contributed by atoms with Crippen molar-refractivity contribution in [2.24, 2.45) is 5.92 Å². The molecule has 25 heavy (non-hydrogen) atoms. The number of hydrogen-bond acceptors (Lipinski definition) is 4. The Hall–Kier alpha value is -2.86. The van der Waals surface area contributed by atoms with Gasteiger partial charge in [-0.25, -0.2) is 4.98 Å². The van der Waals surface area contributed by atoms with Crippen LogP contribution in [0.2, 0.25) is 5.02 Å². The number of oxazole rings is 1. The zero-order chi connectivity index (χ0) is 17.6. The lowest BCUT2D eigenvalue weighted by Gasteiger charge is -2.15. The standard InChI is InChI=1S/C18H13ClN2O4/c19-12-3-1-2-10(6-12)17-20-14-8-13(4-5-15(14)25-17)21-9-11(18(23)24)7-16(21)22/h1-6,8,11H,7,9H2,(H,23,24)/t11-/m1/s1. The molecule has 0 aliphatic carbocycles. The van der Waals surface area contributed by atoms with E-state index in [-0.39, 0.29) is 18.9 Å². The molecule has 4 rings (SSSR count). The van der Waals surface area contributed by atoms with Gasteiger partial charge in [0, 0.05) is 29.2 Å². The van der Waals surface area contributed by atoms with Crippen LogP contribution in [0, 0.1) is 5.92 Å². The fourth-order valence-electron chi connectivity index (χ4n) is 2.95. The molecule has 0 saturated carbocycles. The predicted octanol–water partition coefficient (Wildman–Crippen LogP) is 3.59. The molecule has 0 bridgehead atoms. The third-order valence-electron chi connectivity index (χ3n) is 4.23. The van der Waals surface area contributed by atoms with E-state index in [1.807, 2.05) is 12.1 Å². The average Bonchev–Trinajstić information content (AvgIpc) is 3.17. The fourth-order valence-corrected chi connectivity index (χ4v) is 3.14. The highest BCUT2D eigenvalue weighted by molar-refractivity contribution is 6.30. The van der Waals surface area contributed by atoms with Crippen LogP contribution in [0.4, 0.5) is 5.69 Å². The molecule has 126 valence electrons. The topological polar surface area (TPSA) is 83.6 Å². The maximum atomic E-state index is 12.1. The van der Waals surface area contributed by atoms with E-state index in [1.54, 1.807) is 30.3 Å². The molecule has 3 aromatic rings. The average molecular weight is 357 g/mol. The fraction of sp³-hybridized carbons (Fsp3) is 0.167. The van der Waals surface area contributed by atoms with E-state index in [0.29, 0.717) is 27.7 Å². The normalized spacial score (nSPS) is 17.4. The van der Waals surface area contributed by atoms with Crippen LogP contribution in [0.3, 0.4) is 0 Å². The molecule has 0 radical (unpaired) electrons. The van der Waals surface area contributed by atoms with Crippen LogP contribution in [0.5, 0.6) is 0 Å². The SMILES string of the molecule is O=C(O)[C@@H]1CC(=O)N(c2ccc3oc(-c4cccc(Cl)c4)nc3c2)C1. The lowest BCUT2D eigenvalue weighted by molar-refractivity contribution is -0.141. The summed E-state index contributed by atoms with van der Waals surface area (Å²) in [5.41, 5.74) is 2.56. The van der Waals surface area contributed by atoms with Crippen molar-refractivity contribution in [3.63, 3.8) is 0 Å². The van der Waals surface area contributed by atoms with Crippen molar-refractivity contribution in [2.45, 2.75) is 6.42 Å². The number of rotatable bonds is 3. The molecular formula is C18H13ClN2O4. The Morgan fingerprint density at radius 1 is 1.28 bits per heavy atom. The van der Waals surface area contributed by atoms with E-state index in [9.17, 15) is 9.59 Å². The number of halogens is 1. The summed E-state index contributed by atoms with van der Waals surface area (Å²) in [6.45, 7) is 0.165. The van der Waals surface area contributed by atoms with Crippen LogP contribution < -0.4 is 4.90 Å². The zero-order valence-corrected chi connectivity index (χ0v) is 13.7. The molecule has 1 aliphatic heterocycles. The van der Waals surface area contributed by atoms with Gasteiger partial charge in [0.1, 0.15) is 5.52 Å². The molecule has 1 aromatic heterocycles. The molecule has 1 atom stereocenters. The zero-order valence-electron chi connectivity index (χ0n) is 13.0. The Kier molecular flexibility index (Phi) is 3.69. The minimum Gasteiger partial charge on any atom is -0.481 e. The van der Waals surface area contributed by atoms with Gasteiger partial charge in [0.15, 0.2) is 5.58 Å². The van der Waals surface area contributed by atoms with Crippen LogP contribution in [0.25, 0.3) is 22.6 Å². The number of benzene rings is 2. The van der Waals surface area contributed by atoms with Gasteiger partial charge in [-0.05, 0) is 36.4 Å². The molecule has 2 heterocycles. The van der Waals surface area contributed by atoms with Crippen molar-refractivity contribution in [1.82, 2.24) is 4.98 Å². The number of fused-ring (bicyclic) bond motifs is 1. The molecule has 0 spiro atoms. The number of anilines is 1. The van der Waals surface area contributed by atoms with Crippen molar-refractivity contribution < 1.29 is 19.1 Å². The quantitative estimate of drug-likeness (QED) is 0.775. The summed E-state index contributed by atoms with van der Waals surface area (Å²) in [5.74, 6) is -1.40. The first-order chi connectivity index (χ1) is 12.0. The molecule has 1 N–H and O–H groups in total. The first-order valence-electron chi connectivity index (χ1n) is 7.71. The van der Waals surface area contributed by atoms with Gasteiger partial charge in [-0.2, -0.15) is 0 Å². The minimum absolute atomic E-state index is 0.0138. The van der Waals surface area contributed by atoms with E-state index in [0.717, 1.165) is 5.56 Å². The predicted molar refractivity (Wildman–Crippen MR) is 92.6 cm³/mol. The first kappa shape index (κ1) is 15.7. The molecule has 0 unspecified atom stereocenters. The van der Waals surface area contributed by atoms with E-state index in [4.69, 9.17) is 21.1 Å². The molecular weight excluding hydrogens is 344 g/mol. The number of aromatic nitrogens is 1. The molecule has 2 aromatic carbocycles. The largest absolute Gasteiger partial charge is 0.481 e. The second kappa shape index (κ2) is 5.89. The molecule has 1 aliphatic rings. The van der Waals surface area contributed by atoms with Crippen LogP contribution in [0.15, 0.2) is 46.9 Å². The Labute approximate surface area is 147 Å². The summed E-state index contributed by atoms with van der Waals surface area (Å²) in [6.07, 6.45) is 0.0138. The second-order valence-corrected chi connectivity index (χ2v) is 6.36. The van der Waals surface area contributed by atoms with E-state index < -0.39 is 11.9 Å². The summed E-state index contributed by atoms with van der Waals surface area (Å²) in [4.78, 5) is 29.1. The van der Waals surface area contributed by atoms with Gasteiger partial charge >= 0.3 is 5.97 Å². The first-order valence-corrected chi connectivity index (χ1v) is 8.09. The van der Waals surface area contributed by atoms with Crippen molar-refractivity contribution in [1.29, 1.82) is 0 Å². The van der Waals surface area contributed by atoms with Crippen molar-refractivity contribution >= 4 is 40.3 Å². The van der Waals surface area contributed by atoms with Gasteiger partial charge in [-0.1, -0.05) is 17.7 Å². The number of carbonyl (C=O) groups excluding carboxylic acids is 1. The van der Waals surface area contributed by atoms with Crippen LogP contribution in [-0.4, -0.2) is 28.5 Å². The lowest BCUT2D eigenvalue weighted by Crippen LogP contribution is -2.25. The Bertz CT molecular complexity index is 998. The van der Waals surface area contributed by atoms with Gasteiger partial charge in [-0.15, -0.1) is 0 Å². The molecule has 7 heteroatoms. The summed E-state index contributed by atoms with van der Waals surface area (Å²) >= 11 is 6.00. The molecule has 1 fully saturated rings. The summed E-state index contributed by atoms with van der Waals surface area (Å²) in [7, 11) is 0. The second-order valence-electron chi connectivity index (χ2n) is 5.93. The maximum Gasteiger partial charge on any atom is 0.308 e. The highest BCUT2D eigenvalue weighted by atomic mass is 35.5. The van der Waals surface area contributed by atoms with Gasteiger partial charge in [0.25, 0.3) is 0 Å². The van der Waals surface area contributed by atoms with Crippen LogP contribution in [0.1, 0.15) is 6.42 Å². The number of aliphatic carboxylic acids is 1.